The second-order valence-electron chi connectivity index (χ2n) is 9.11. The lowest BCUT2D eigenvalue weighted by Gasteiger charge is -2.29. The Morgan fingerprint density at radius 3 is 1.88 bits per heavy atom. The highest BCUT2D eigenvalue weighted by atomic mass is 32.2. The topological polar surface area (TPSA) is 144 Å². The van der Waals surface area contributed by atoms with Gasteiger partial charge in [0, 0.05) is 16.9 Å². The number of hydrogen-bond donors (Lipinski definition) is 2. The number of benzene rings is 3. The Morgan fingerprint density at radius 2 is 1.33 bits per heavy atom. The van der Waals surface area contributed by atoms with Crippen LogP contribution in [0.25, 0.3) is 0 Å². The Morgan fingerprint density at radius 1 is 0.786 bits per heavy atom. The fourth-order valence-electron chi connectivity index (χ4n) is 3.90. The molecule has 0 saturated carbocycles. The number of unbranched alkanes of at least 4 members (excludes halogenated alkanes) is 1. The summed E-state index contributed by atoms with van der Waals surface area (Å²) >= 11 is 1.45. The van der Waals surface area contributed by atoms with Gasteiger partial charge < -0.3 is 15.6 Å². The van der Waals surface area contributed by atoms with Crippen LogP contribution in [0.2, 0.25) is 0 Å². The van der Waals surface area contributed by atoms with Crippen LogP contribution < -0.4 is 5.73 Å². The normalized spacial score (nSPS) is 12.1. The molecular formula is C31H32N2O7S2. The molecule has 42 heavy (non-hydrogen) atoms. The van der Waals surface area contributed by atoms with Crippen LogP contribution in [0.4, 0.5) is 4.79 Å². The molecule has 0 radical (unpaired) electrons. The molecule has 0 aliphatic rings. The first-order valence-corrected chi connectivity index (χ1v) is 15.1. The summed E-state index contributed by atoms with van der Waals surface area (Å²) in [5, 5.41) is 8.00. The molecule has 0 aliphatic heterocycles. The molecular weight excluding hydrogens is 576 g/mol. The molecule has 3 N–H and O–H groups in total. The maximum absolute atomic E-state index is 14.0. The van der Waals surface area contributed by atoms with Gasteiger partial charge in [-0.25, -0.2) is 14.5 Å². The van der Waals surface area contributed by atoms with Crippen molar-refractivity contribution in [2.45, 2.75) is 37.2 Å². The van der Waals surface area contributed by atoms with Crippen molar-refractivity contribution in [3.05, 3.63) is 108 Å². The molecule has 3 aromatic rings. The number of ether oxygens (including phenoxy) is 1. The monoisotopic (exact) mass is 608 g/mol. The van der Waals surface area contributed by atoms with Gasteiger partial charge in [-0.15, -0.1) is 0 Å². The van der Waals surface area contributed by atoms with Crippen LogP contribution in [-0.2, 0) is 20.9 Å². The van der Waals surface area contributed by atoms with Crippen molar-refractivity contribution in [1.29, 1.82) is 0 Å². The van der Waals surface area contributed by atoms with E-state index < -0.39 is 34.4 Å². The summed E-state index contributed by atoms with van der Waals surface area (Å²) < 4.78 is 5.39. The van der Waals surface area contributed by atoms with Gasteiger partial charge in [-0.3, -0.25) is 14.4 Å². The van der Waals surface area contributed by atoms with E-state index in [9.17, 15) is 29.1 Å². The minimum atomic E-state index is -1.56. The largest absolute Gasteiger partial charge is 0.480 e. The minimum absolute atomic E-state index is 0.0567. The number of nitrogens with zero attached hydrogens (tertiary/aromatic N) is 1. The van der Waals surface area contributed by atoms with Crippen molar-refractivity contribution in [2.75, 3.05) is 12.3 Å². The number of carbonyl (C=O) groups is 5. The van der Waals surface area contributed by atoms with Gasteiger partial charge in [0.1, 0.15) is 17.9 Å². The second kappa shape index (κ2) is 17.1. The first-order chi connectivity index (χ1) is 20.3. The average Bonchev–Trinajstić information content (AvgIpc) is 3.02. The summed E-state index contributed by atoms with van der Waals surface area (Å²) in [4.78, 5) is 66.4. The third-order valence-electron chi connectivity index (χ3n) is 6.08. The molecule has 0 bridgehead atoms. The first-order valence-electron chi connectivity index (χ1n) is 13.3. The van der Waals surface area contributed by atoms with Crippen molar-refractivity contribution in [3.8, 4) is 0 Å². The van der Waals surface area contributed by atoms with Gasteiger partial charge in [0.15, 0.2) is 0 Å². The van der Waals surface area contributed by atoms with E-state index >= 15 is 0 Å². The van der Waals surface area contributed by atoms with E-state index in [1.165, 1.54) is 0 Å². The Kier molecular flexibility index (Phi) is 13.3. The molecule has 0 saturated heterocycles. The zero-order valence-corrected chi connectivity index (χ0v) is 24.4. The third kappa shape index (κ3) is 9.86. The molecule has 0 heterocycles. The summed E-state index contributed by atoms with van der Waals surface area (Å²) in [6.07, 6.45) is -0.387. The third-order valence-corrected chi connectivity index (χ3v) is 8.39. The average molecular weight is 609 g/mol. The molecule has 2 atom stereocenters. The molecule has 3 aromatic carbocycles. The summed E-state index contributed by atoms with van der Waals surface area (Å²) in [6.45, 7) is 0.113. The zero-order valence-electron chi connectivity index (χ0n) is 22.8. The highest BCUT2D eigenvalue weighted by Crippen LogP contribution is 2.27. The van der Waals surface area contributed by atoms with Gasteiger partial charge in [-0.2, -0.15) is 0 Å². The van der Waals surface area contributed by atoms with Gasteiger partial charge in [0.2, 0.25) is 16.1 Å². The van der Waals surface area contributed by atoms with E-state index in [1.807, 2.05) is 0 Å². The fraction of sp³-hybridized carbons (Fsp3) is 0.258. The number of hydrogen-bond acceptors (Lipinski definition) is 9. The Labute approximate surface area is 252 Å². The lowest BCUT2D eigenvalue weighted by atomic mass is 10.1. The van der Waals surface area contributed by atoms with Gasteiger partial charge >= 0.3 is 12.1 Å². The Balaban J connectivity index is 1.91. The quantitative estimate of drug-likeness (QED) is 0.233. The van der Waals surface area contributed by atoms with Crippen LogP contribution in [0.15, 0.2) is 91.0 Å². The van der Waals surface area contributed by atoms with Gasteiger partial charge in [0.25, 0.3) is 0 Å². The molecule has 3 rings (SSSR count). The van der Waals surface area contributed by atoms with E-state index in [2.05, 4.69) is 0 Å². The van der Waals surface area contributed by atoms with E-state index in [0.29, 0.717) is 52.7 Å². The van der Waals surface area contributed by atoms with Gasteiger partial charge in [-0.1, -0.05) is 115 Å². The van der Waals surface area contributed by atoms with Crippen LogP contribution in [0.1, 0.15) is 45.5 Å². The van der Waals surface area contributed by atoms with E-state index in [1.54, 1.807) is 91.0 Å². The molecule has 2 unspecified atom stereocenters. The lowest BCUT2D eigenvalue weighted by molar-refractivity contribution is -0.148. The van der Waals surface area contributed by atoms with Crippen molar-refractivity contribution >= 4 is 51.7 Å². The summed E-state index contributed by atoms with van der Waals surface area (Å²) in [7, 11) is 0. The SMILES string of the molecule is NCCCCC(C(=O)O)N(C(=O)OCc1ccccc1)C(=O)C(CSC(=O)c1ccccc1)SC(=O)c1ccccc1. The van der Waals surface area contributed by atoms with Gasteiger partial charge in [-0.05, 0) is 31.4 Å². The Bertz CT molecular complexity index is 1340. The number of rotatable bonds is 14. The highest BCUT2D eigenvalue weighted by Gasteiger charge is 2.40. The maximum atomic E-state index is 14.0. The molecule has 9 nitrogen and oxygen atoms in total. The molecule has 2 amide bonds. The second-order valence-corrected chi connectivity index (χ2v) is 11.3. The maximum Gasteiger partial charge on any atom is 0.417 e. The van der Waals surface area contributed by atoms with Crippen LogP contribution in [0.5, 0.6) is 0 Å². The molecule has 0 aromatic heterocycles. The van der Waals surface area contributed by atoms with Crippen LogP contribution >= 0.6 is 23.5 Å². The number of aliphatic carboxylic acids is 1. The number of thioether (sulfide) groups is 2. The molecule has 0 aliphatic carbocycles. The number of carboxylic acid groups (broad SMARTS) is 1. The van der Waals surface area contributed by atoms with E-state index in [4.69, 9.17) is 10.5 Å². The molecule has 0 fully saturated rings. The number of carbonyl (C=O) groups excluding carboxylic acids is 4. The number of nitrogens with two attached hydrogens (primary N) is 1. The highest BCUT2D eigenvalue weighted by molar-refractivity contribution is 8.18. The standard InChI is InChI=1S/C31H32N2O7S2/c32-19-11-10-18-25(28(35)36)33(31(39)40-20-22-12-4-1-5-13-22)27(34)26(42-30(38)24-16-8-3-9-17-24)21-41-29(37)23-14-6-2-7-15-23/h1-9,12-17,25-26H,10-11,18-21,32H2,(H,35,36). The smallest absolute Gasteiger partial charge is 0.417 e. The van der Waals surface area contributed by atoms with E-state index in [0.717, 1.165) is 11.8 Å². The van der Waals surface area contributed by atoms with Crippen LogP contribution in [0, 0.1) is 0 Å². The van der Waals surface area contributed by atoms with Gasteiger partial charge in [0.05, 0.1) is 0 Å². The minimum Gasteiger partial charge on any atom is -0.480 e. The first kappa shape index (κ1) is 32.6. The number of amides is 2. The predicted octanol–water partition coefficient (Wildman–Crippen LogP) is 5.25. The number of imide groups is 1. The van der Waals surface area contributed by atoms with E-state index in [-0.39, 0.29) is 23.9 Å². The molecule has 0 spiro atoms. The zero-order chi connectivity index (χ0) is 30.3. The summed E-state index contributed by atoms with van der Waals surface area (Å²) in [6, 6.07) is 23.8. The van der Waals surface area contributed by atoms with Crippen molar-refractivity contribution in [1.82, 2.24) is 4.90 Å². The lowest BCUT2D eigenvalue weighted by Crippen LogP contribution is -2.52. The van der Waals surface area contributed by atoms with Crippen molar-refractivity contribution < 1.29 is 33.8 Å². The molecule has 11 heteroatoms. The summed E-state index contributed by atoms with van der Waals surface area (Å²) in [5.74, 6) is -2.52. The van der Waals surface area contributed by atoms with Crippen LogP contribution in [0.3, 0.4) is 0 Å². The van der Waals surface area contributed by atoms with Crippen molar-refractivity contribution in [3.63, 3.8) is 0 Å². The predicted molar refractivity (Wildman–Crippen MR) is 163 cm³/mol. The molecule has 220 valence electrons. The summed E-state index contributed by atoms with van der Waals surface area (Å²) in [5.41, 5.74) is 6.93. The fourth-order valence-corrected chi connectivity index (χ4v) is 5.87. The Hall–Kier alpha value is -3.93. The van der Waals surface area contributed by atoms with Crippen LogP contribution in [-0.4, -0.2) is 61.8 Å². The van der Waals surface area contributed by atoms with Crippen molar-refractivity contribution in [2.24, 2.45) is 5.73 Å². The number of carboxylic acids is 1.